The molecule has 0 aromatic carbocycles. The first-order valence-corrected chi connectivity index (χ1v) is 6.68. The molecule has 0 heterocycles. The van der Waals surface area contributed by atoms with Crippen LogP contribution in [0.2, 0.25) is 0 Å². The summed E-state index contributed by atoms with van der Waals surface area (Å²) >= 11 is 0. The smallest absolute Gasteiger partial charge is 0.320 e. The molecule has 110 valence electrons. The predicted octanol–water partition coefficient (Wildman–Crippen LogP) is 0.800. The lowest BCUT2D eigenvalue weighted by Gasteiger charge is -2.36. The van der Waals surface area contributed by atoms with Crippen LogP contribution in [0.5, 0.6) is 0 Å². The van der Waals surface area contributed by atoms with Crippen molar-refractivity contribution >= 4 is 11.9 Å². The monoisotopic (exact) mass is 272 g/mol. The highest BCUT2D eigenvalue weighted by Gasteiger charge is 2.31. The number of carboxylic acid groups (broad SMARTS) is 2. The van der Waals surface area contributed by atoms with Crippen molar-refractivity contribution in [1.29, 1.82) is 0 Å². The van der Waals surface area contributed by atoms with Crippen molar-refractivity contribution in [3.8, 4) is 0 Å². The molecule has 1 fully saturated rings. The van der Waals surface area contributed by atoms with Crippen LogP contribution in [0.1, 0.15) is 46.0 Å². The molecule has 0 spiro atoms. The summed E-state index contributed by atoms with van der Waals surface area (Å²) in [6, 6.07) is -1.90. The number of nitrogens with one attached hydrogen (secondary N) is 1. The third-order valence-corrected chi connectivity index (χ3v) is 3.88. The van der Waals surface area contributed by atoms with Crippen LogP contribution in [-0.4, -0.2) is 40.3 Å². The molecular formula is C13H24N2O4. The summed E-state index contributed by atoms with van der Waals surface area (Å²) in [5.41, 5.74) is 5.71. The summed E-state index contributed by atoms with van der Waals surface area (Å²) in [4.78, 5) is 21.8. The molecule has 0 unspecified atom stereocenters. The Hall–Kier alpha value is -1.14. The Morgan fingerprint density at radius 3 is 2.21 bits per heavy atom. The number of hydrogen-bond donors (Lipinski definition) is 4. The third kappa shape index (κ3) is 5.16. The van der Waals surface area contributed by atoms with Gasteiger partial charge in [0.25, 0.3) is 0 Å². The third-order valence-electron chi connectivity index (χ3n) is 3.88. The zero-order chi connectivity index (χ0) is 14.6. The van der Waals surface area contributed by atoms with E-state index in [0.717, 1.165) is 25.7 Å². The van der Waals surface area contributed by atoms with Crippen molar-refractivity contribution in [3.05, 3.63) is 0 Å². The Balaban J connectivity index is 2.51. The van der Waals surface area contributed by atoms with Gasteiger partial charge in [0, 0.05) is 6.04 Å². The van der Waals surface area contributed by atoms with Crippen molar-refractivity contribution in [2.45, 2.75) is 64.1 Å². The van der Waals surface area contributed by atoms with Gasteiger partial charge in [-0.3, -0.25) is 9.59 Å². The lowest BCUT2D eigenvalue weighted by molar-refractivity contribution is -0.141. The van der Waals surface area contributed by atoms with E-state index in [1.807, 2.05) is 0 Å². The maximum atomic E-state index is 11.1. The number of rotatable bonds is 6. The molecular weight excluding hydrogens is 248 g/mol. The van der Waals surface area contributed by atoms with Gasteiger partial charge in [-0.1, -0.05) is 13.8 Å². The van der Waals surface area contributed by atoms with Gasteiger partial charge in [-0.25, -0.2) is 0 Å². The van der Waals surface area contributed by atoms with Crippen LogP contribution in [0.4, 0.5) is 0 Å². The molecule has 0 aromatic rings. The lowest BCUT2D eigenvalue weighted by Crippen LogP contribution is -2.49. The van der Waals surface area contributed by atoms with Crippen molar-refractivity contribution in [2.24, 2.45) is 11.1 Å². The molecule has 0 amide bonds. The van der Waals surface area contributed by atoms with Crippen molar-refractivity contribution in [1.82, 2.24) is 5.32 Å². The second kappa shape index (κ2) is 6.34. The second-order valence-electron chi connectivity index (χ2n) is 6.18. The number of nitrogens with two attached hydrogens (primary N) is 1. The quantitative estimate of drug-likeness (QED) is 0.569. The van der Waals surface area contributed by atoms with E-state index in [4.69, 9.17) is 15.9 Å². The molecule has 1 aliphatic rings. The maximum Gasteiger partial charge on any atom is 0.320 e. The molecule has 0 aliphatic heterocycles. The molecule has 0 radical (unpaired) electrons. The highest BCUT2D eigenvalue weighted by Crippen LogP contribution is 2.35. The van der Waals surface area contributed by atoms with Gasteiger partial charge >= 0.3 is 11.9 Å². The highest BCUT2D eigenvalue weighted by molar-refractivity contribution is 5.77. The Bertz CT molecular complexity index is 334. The zero-order valence-corrected chi connectivity index (χ0v) is 11.6. The molecule has 0 bridgehead atoms. The minimum absolute atomic E-state index is 0.0927. The average molecular weight is 272 g/mol. The van der Waals surface area contributed by atoms with Gasteiger partial charge < -0.3 is 21.3 Å². The van der Waals surface area contributed by atoms with E-state index in [9.17, 15) is 9.59 Å². The van der Waals surface area contributed by atoms with Gasteiger partial charge in [-0.15, -0.1) is 0 Å². The van der Waals surface area contributed by atoms with Gasteiger partial charge in [0.2, 0.25) is 0 Å². The van der Waals surface area contributed by atoms with Gasteiger partial charge in [0.15, 0.2) is 0 Å². The number of carboxylic acids is 2. The van der Waals surface area contributed by atoms with Crippen LogP contribution >= 0.6 is 0 Å². The van der Waals surface area contributed by atoms with E-state index >= 15 is 0 Å². The molecule has 5 N–H and O–H groups in total. The van der Waals surface area contributed by atoms with E-state index in [1.54, 1.807) is 0 Å². The summed E-state index contributed by atoms with van der Waals surface area (Å²) < 4.78 is 0. The topological polar surface area (TPSA) is 113 Å². The molecule has 1 saturated carbocycles. The van der Waals surface area contributed by atoms with Gasteiger partial charge in [-0.05, 0) is 37.5 Å². The van der Waals surface area contributed by atoms with Crippen LogP contribution in [0.25, 0.3) is 0 Å². The fraction of sp³-hybridized carbons (Fsp3) is 0.846. The van der Waals surface area contributed by atoms with Crippen LogP contribution in [0, 0.1) is 5.41 Å². The lowest BCUT2D eigenvalue weighted by atomic mass is 9.75. The highest BCUT2D eigenvalue weighted by atomic mass is 16.4. The fourth-order valence-corrected chi connectivity index (χ4v) is 2.45. The Morgan fingerprint density at radius 2 is 1.79 bits per heavy atom. The Kier molecular flexibility index (Phi) is 5.31. The van der Waals surface area contributed by atoms with Crippen LogP contribution in [0.15, 0.2) is 0 Å². The SMILES string of the molecule is CC1(C)CCC(N[C@@H](C[C@H](N)C(=O)O)C(=O)O)CC1. The van der Waals surface area contributed by atoms with Gasteiger partial charge in [0.05, 0.1) is 0 Å². The standard InChI is InChI=1S/C13H24N2O4/c1-13(2)5-3-8(4-6-13)15-10(12(18)19)7-9(14)11(16)17/h8-10,15H,3-7,14H2,1-2H3,(H,16,17)(H,18,19)/t9-,10-/m0/s1. The molecule has 1 rings (SSSR count). The summed E-state index contributed by atoms with van der Waals surface area (Å²) in [5, 5.41) is 20.9. The molecule has 1 aliphatic carbocycles. The predicted molar refractivity (Wildman–Crippen MR) is 70.8 cm³/mol. The van der Waals surface area contributed by atoms with Crippen molar-refractivity contribution in [3.63, 3.8) is 0 Å². The molecule has 0 saturated heterocycles. The minimum atomic E-state index is -1.17. The minimum Gasteiger partial charge on any atom is -0.480 e. The Morgan fingerprint density at radius 1 is 1.26 bits per heavy atom. The van der Waals surface area contributed by atoms with Crippen molar-refractivity contribution in [2.75, 3.05) is 0 Å². The fourth-order valence-electron chi connectivity index (χ4n) is 2.45. The number of carbonyl (C=O) groups is 2. The van der Waals surface area contributed by atoms with Gasteiger partial charge in [-0.2, -0.15) is 0 Å². The first-order valence-electron chi connectivity index (χ1n) is 6.68. The zero-order valence-electron chi connectivity index (χ0n) is 11.6. The summed E-state index contributed by atoms with van der Waals surface area (Å²) in [6.45, 7) is 4.41. The molecule has 19 heavy (non-hydrogen) atoms. The van der Waals surface area contributed by atoms with Crippen LogP contribution < -0.4 is 11.1 Å². The number of aliphatic carboxylic acids is 2. The largest absolute Gasteiger partial charge is 0.480 e. The van der Waals surface area contributed by atoms with E-state index in [0.29, 0.717) is 5.41 Å². The molecule has 0 aromatic heterocycles. The first-order chi connectivity index (χ1) is 8.71. The first kappa shape index (κ1) is 15.9. The molecule has 6 nitrogen and oxygen atoms in total. The van der Waals surface area contributed by atoms with E-state index in [1.165, 1.54) is 0 Å². The maximum absolute atomic E-state index is 11.1. The second-order valence-corrected chi connectivity index (χ2v) is 6.18. The van der Waals surface area contributed by atoms with Crippen molar-refractivity contribution < 1.29 is 19.8 Å². The Labute approximate surface area is 113 Å². The van der Waals surface area contributed by atoms with E-state index in [2.05, 4.69) is 19.2 Å². The van der Waals surface area contributed by atoms with E-state index < -0.39 is 24.0 Å². The molecule has 2 atom stereocenters. The number of hydrogen-bond acceptors (Lipinski definition) is 4. The average Bonchev–Trinajstić information content (AvgIpc) is 2.30. The summed E-state index contributed by atoms with van der Waals surface area (Å²) in [7, 11) is 0. The van der Waals surface area contributed by atoms with Gasteiger partial charge in [0.1, 0.15) is 12.1 Å². The van der Waals surface area contributed by atoms with Crippen LogP contribution in [0.3, 0.4) is 0 Å². The molecule has 6 heteroatoms. The van der Waals surface area contributed by atoms with Crippen LogP contribution in [-0.2, 0) is 9.59 Å². The summed E-state index contributed by atoms with van der Waals surface area (Å²) in [6.07, 6.45) is 3.83. The summed E-state index contributed by atoms with van der Waals surface area (Å²) in [5.74, 6) is -2.21. The van der Waals surface area contributed by atoms with E-state index in [-0.39, 0.29) is 12.5 Å². The normalized spacial score (nSPS) is 22.7.